The lowest BCUT2D eigenvalue weighted by atomic mass is 10.1. The van der Waals surface area contributed by atoms with Gasteiger partial charge in [-0.15, -0.1) is 24.0 Å². The van der Waals surface area contributed by atoms with Crippen LogP contribution in [0.15, 0.2) is 47.5 Å². The molecule has 2 aromatic rings. The molecule has 0 aliphatic heterocycles. The van der Waals surface area contributed by atoms with E-state index in [0.29, 0.717) is 30.2 Å². The van der Waals surface area contributed by atoms with Crippen molar-refractivity contribution in [1.82, 2.24) is 15.5 Å². The smallest absolute Gasteiger partial charge is 0.253 e. The number of hydrogen-bond acceptors (Lipinski definition) is 2. The number of hydrogen-bond donors (Lipinski definition) is 2. The molecule has 0 aliphatic carbocycles. The zero-order chi connectivity index (χ0) is 19.8. The maximum Gasteiger partial charge on any atom is 0.253 e. The lowest BCUT2D eigenvalue weighted by molar-refractivity contribution is 0.0827. The van der Waals surface area contributed by atoms with E-state index in [2.05, 4.69) is 15.6 Å². The van der Waals surface area contributed by atoms with Gasteiger partial charge in [0.15, 0.2) is 5.96 Å². The molecule has 0 aromatic heterocycles. The SMILES string of the molecule is CN=C(NCCc1cccc(C(=O)N(C)C)c1)NCc1ccc(F)c(C)c1.I. The fraction of sp³-hybridized carbons (Fsp3) is 0.333. The van der Waals surface area contributed by atoms with E-state index in [0.717, 1.165) is 17.5 Å². The second-order valence-corrected chi connectivity index (χ2v) is 6.59. The first kappa shape index (κ1) is 23.9. The molecule has 28 heavy (non-hydrogen) atoms. The van der Waals surface area contributed by atoms with Crippen molar-refractivity contribution in [3.05, 3.63) is 70.5 Å². The number of amides is 1. The molecule has 1 amide bonds. The number of carbonyl (C=O) groups is 1. The molecule has 0 unspecified atom stereocenters. The first-order valence-corrected chi connectivity index (χ1v) is 8.91. The summed E-state index contributed by atoms with van der Waals surface area (Å²) in [6.07, 6.45) is 0.769. The number of guanidine groups is 1. The van der Waals surface area contributed by atoms with Crippen LogP contribution in [0.5, 0.6) is 0 Å². The van der Waals surface area contributed by atoms with Gasteiger partial charge < -0.3 is 15.5 Å². The van der Waals surface area contributed by atoms with Crippen molar-refractivity contribution in [1.29, 1.82) is 0 Å². The van der Waals surface area contributed by atoms with Crippen LogP contribution in [0.3, 0.4) is 0 Å². The van der Waals surface area contributed by atoms with Gasteiger partial charge in [-0.3, -0.25) is 9.79 Å². The molecule has 0 bridgehead atoms. The van der Waals surface area contributed by atoms with E-state index in [1.165, 1.54) is 6.07 Å². The number of benzene rings is 2. The lowest BCUT2D eigenvalue weighted by Gasteiger charge is -2.13. The van der Waals surface area contributed by atoms with E-state index in [9.17, 15) is 9.18 Å². The molecular formula is C21H28FIN4O. The molecule has 5 nitrogen and oxygen atoms in total. The highest BCUT2D eigenvalue weighted by Gasteiger charge is 2.08. The summed E-state index contributed by atoms with van der Waals surface area (Å²) >= 11 is 0. The van der Waals surface area contributed by atoms with E-state index in [4.69, 9.17) is 0 Å². The molecule has 0 aliphatic rings. The number of carbonyl (C=O) groups excluding carboxylic acids is 1. The van der Waals surface area contributed by atoms with E-state index in [1.54, 1.807) is 39.0 Å². The maximum atomic E-state index is 13.3. The second-order valence-electron chi connectivity index (χ2n) is 6.59. The predicted molar refractivity (Wildman–Crippen MR) is 123 cm³/mol. The Bertz CT molecular complexity index is 824. The van der Waals surface area contributed by atoms with Crippen molar-refractivity contribution in [2.75, 3.05) is 27.7 Å². The zero-order valence-electron chi connectivity index (χ0n) is 16.8. The van der Waals surface area contributed by atoms with Crippen molar-refractivity contribution in [3.8, 4) is 0 Å². The van der Waals surface area contributed by atoms with Gasteiger partial charge in [0.25, 0.3) is 5.91 Å². The standard InChI is InChI=1S/C21H27FN4O.HI/c1-15-12-17(8-9-19(15)22)14-25-21(23-2)24-11-10-16-6-5-7-18(13-16)20(27)26(3)4;/h5-9,12-13H,10-11,14H2,1-4H3,(H2,23,24,25);1H. The number of nitrogens with one attached hydrogen (secondary N) is 2. The number of halogens is 2. The molecule has 0 saturated heterocycles. The highest BCUT2D eigenvalue weighted by molar-refractivity contribution is 14.0. The Morgan fingerprint density at radius 1 is 1.11 bits per heavy atom. The summed E-state index contributed by atoms with van der Waals surface area (Å²) in [5.41, 5.74) is 3.39. The molecular weight excluding hydrogens is 470 g/mol. The summed E-state index contributed by atoms with van der Waals surface area (Å²) in [5, 5.41) is 6.47. The molecule has 152 valence electrons. The highest BCUT2D eigenvalue weighted by atomic mass is 127. The number of aryl methyl sites for hydroxylation is 1. The van der Waals surface area contributed by atoms with Gasteiger partial charge in [-0.1, -0.05) is 24.3 Å². The summed E-state index contributed by atoms with van der Waals surface area (Å²) in [6.45, 7) is 3.00. The van der Waals surface area contributed by atoms with E-state index >= 15 is 0 Å². The number of rotatable bonds is 6. The van der Waals surface area contributed by atoms with Crippen LogP contribution in [0, 0.1) is 12.7 Å². The Morgan fingerprint density at radius 3 is 2.50 bits per heavy atom. The van der Waals surface area contributed by atoms with Crippen molar-refractivity contribution >= 4 is 35.8 Å². The zero-order valence-corrected chi connectivity index (χ0v) is 19.1. The molecule has 0 fully saturated rings. The van der Waals surface area contributed by atoms with Crippen LogP contribution >= 0.6 is 24.0 Å². The Hall–Kier alpha value is -2.16. The van der Waals surface area contributed by atoms with Crippen LogP contribution in [0.4, 0.5) is 4.39 Å². The van der Waals surface area contributed by atoms with Gasteiger partial charge in [-0.05, 0) is 48.2 Å². The van der Waals surface area contributed by atoms with Crippen LogP contribution in [0.2, 0.25) is 0 Å². The molecule has 0 atom stereocenters. The average molecular weight is 498 g/mol. The van der Waals surface area contributed by atoms with Gasteiger partial charge in [0.2, 0.25) is 0 Å². The van der Waals surface area contributed by atoms with Crippen molar-refractivity contribution < 1.29 is 9.18 Å². The second kappa shape index (κ2) is 11.6. The minimum atomic E-state index is -0.198. The van der Waals surface area contributed by atoms with E-state index < -0.39 is 0 Å². The maximum absolute atomic E-state index is 13.3. The average Bonchev–Trinajstić information content (AvgIpc) is 2.66. The number of nitrogens with zero attached hydrogens (tertiary/aromatic N) is 2. The van der Waals surface area contributed by atoms with Gasteiger partial charge in [0, 0.05) is 39.8 Å². The van der Waals surface area contributed by atoms with Gasteiger partial charge in [-0.2, -0.15) is 0 Å². The van der Waals surface area contributed by atoms with Crippen molar-refractivity contribution in [2.45, 2.75) is 19.9 Å². The van der Waals surface area contributed by atoms with Crippen LogP contribution in [-0.4, -0.2) is 44.5 Å². The third-order valence-corrected chi connectivity index (χ3v) is 4.19. The summed E-state index contributed by atoms with van der Waals surface area (Å²) < 4.78 is 13.3. The lowest BCUT2D eigenvalue weighted by Crippen LogP contribution is -2.37. The monoisotopic (exact) mass is 498 g/mol. The Balaban J connectivity index is 0.00000392. The summed E-state index contributed by atoms with van der Waals surface area (Å²) in [6, 6.07) is 12.7. The van der Waals surface area contributed by atoms with Gasteiger partial charge in [0.1, 0.15) is 5.82 Å². The Morgan fingerprint density at radius 2 is 1.86 bits per heavy atom. The highest BCUT2D eigenvalue weighted by Crippen LogP contribution is 2.09. The van der Waals surface area contributed by atoms with E-state index in [1.807, 2.05) is 30.3 Å². The van der Waals surface area contributed by atoms with Crippen LogP contribution in [0.1, 0.15) is 27.0 Å². The fourth-order valence-electron chi connectivity index (χ4n) is 2.67. The summed E-state index contributed by atoms with van der Waals surface area (Å²) in [7, 11) is 5.20. The van der Waals surface area contributed by atoms with Crippen molar-refractivity contribution in [2.24, 2.45) is 4.99 Å². The van der Waals surface area contributed by atoms with Crippen LogP contribution < -0.4 is 10.6 Å². The minimum Gasteiger partial charge on any atom is -0.356 e. The fourth-order valence-corrected chi connectivity index (χ4v) is 2.67. The largest absolute Gasteiger partial charge is 0.356 e. The van der Waals surface area contributed by atoms with Crippen molar-refractivity contribution in [3.63, 3.8) is 0 Å². The topological polar surface area (TPSA) is 56.7 Å². The molecule has 0 saturated carbocycles. The normalized spacial score (nSPS) is 10.8. The minimum absolute atomic E-state index is 0. The van der Waals surface area contributed by atoms with Crippen LogP contribution in [0.25, 0.3) is 0 Å². The van der Waals surface area contributed by atoms with Gasteiger partial charge in [0.05, 0.1) is 0 Å². The molecule has 0 spiro atoms. The van der Waals surface area contributed by atoms with Crippen LogP contribution in [-0.2, 0) is 13.0 Å². The number of aliphatic imine (C=N–C) groups is 1. The molecule has 0 radical (unpaired) electrons. The first-order chi connectivity index (χ1) is 12.9. The third-order valence-electron chi connectivity index (χ3n) is 4.19. The summed E-state index contributed by atoms with van der Waals surface area (Å²) in [5.74, 6) is 0.477. The van der Waals surface area contributed by atoms with E-state index in [-0.39, 0.29) is 35.7 Å². The van der Waals surface area contributed by atoms with Gasteiger partial charge >= 0.3 is 0 Å². The molecule has 2 aromatic carbocycles. The Kier molecular flexibility index (Phi) is 9.92. The predicted octanol–water partition coefficient (Wildman–Crippen LogP) is 3.36. The Labute approximate surface area is 183 Å². The quantitative estimate of drug-likeness (QED) is 0.365. The third kappa shape index (κ3) is 7.10. The molecule has 2 rings (SSSR count). The molecule has 0 heterocycles. The molecule has 2 N–H and O–H groups in total. The molecule has 7 heteroatoms. The van der Waals surface area contributed by atoms with Gasteiger partial charge in [-0.25, -0.2) is 4.39 Å². The first-order valence-electron chi connectivity index (χ1n) is 8.91. The summed E-state index contributed by atoms with van der Waals surface area (Å²) in [4.78, 5) is 17.8.